The van der Waals surface area contributed by atoms with Gasteiger partial charge in [0.15, 0.2) is 0 Å². The van der Waals surface area contributed by atoms with Gasteiger partial charge in [-0.3, -0.25) is 5.32 Å². The number of nitrogens with two attached hydrogens (primary N) is 1. The molecule has 0 aromatic rings. The molecule has 0 aliphatic rings. The Bertz CT molecular complexity index is 63.7. The molecule has 0 saturated heterocycles. The summed E-state index contributed by atoms with van der Waals surface area (Å²) < 4.78 is 0. The standard InChI is InChI=1S/C6H16N2O.Zr/c1-2-3-6(9)8-5-4-7;/h6,8-9H,2-5,7H2,1H3;. The largest absolute Gasteiger partial charge is 0.379 e. The van der Waals surface area contributed by atoms with Crippen molar-refractivity contribution in [3.8, 4) is 0 Å². The fourth-order valence-electron chi connectivity index (χ4n) is 0.625. The van der Waals surface area contributed by atoms with Gasteiger partial charge >= 0.3 is 0 Å². The Hall–Kier alpha value is 0.763. The third kappa shape index (κ3) is 8.76. The quantitative estimate of drug-likeness (QED) is 0.559. The minimum absolute atomic E-state index is 0. The van der Waals surface area contributed by atoms with Gasteiger partial charge in [0.05, 0.1) is 0 Å². The van der Waals surface area contributed by atoms with Gasteiger partial charge < -0.3 is 10.8 Å². The van der Waals surface area contributed by atoms with E-state index in [1.165, 1.54) is 0 Å². The second-order valence-electron chi connectivity index (χ2n) is 2.05. The molecule has 0 radical (unpaired) electrons. The van der Waals surface area contributed by atoms with Crippen molar-refractivity contribution in [1.29, 1.82) is 0 Å². The van der Waals surface area contributed by atoms with Crippen molar-refractivity contribution in [3.63, 3.8) is 0 Å². The third-order valence-corrected chi connectivity index (χ3v) is 1.09. The van der Waals surface area contributed by atoms with E-state index in [9.17, 15) is 0 Å². The van der Waals surface area contributed by atoms with Crippen molar-refractivity contribution >= 4 is 0 Å². The van der Waals surface area contributed by atoms with Crippen LogP contribution in [0.4, 0.5) is 0 Å². The normalized spacial score (nSPS) is 12.3. The Morgan fingerprint density at radius 2 is 2.20 bits per heavy atom. The summed E-state index contributed by atoms with van der Waals surface area (Å²) in [6, 6.07) is 0. The molecule has 60 valence electrons. The van der Waals surface area contributed by atoms with Gasteiger partial charge in [-0.25, -0.2) is 0 Å². The van der Waals surface area contributed by atoms with Crippen molar-refractivity contribution in [2.75, 3.05) is 13.1 Å². The molecule has 0 amide bonds. The molecule has 0 aliphatic carbocycles. The van der Waals surface area contributed by atoms with Gasteiger partial charge in [-0.15, -0.1) is 0 Å². The average molecular weight is 223 g/mol. The van der Waals surface area contributed by atoms with Crippen molar-refractivity contribution in [1.82, 2.24) is 5.32 Å². The predicted molar refractivity (Wildman–Crippen MR) is 38.0 cm³/mol. The van der Waals surface area contributed by atoms with Crippen LogP contribution in [-0.4, -0.2) is 24.4 Å². The van der Waals surface area contributed by atoms with E-state index in [1.54, 1.807) is 0 Å². The van der Waals surface area contributed by atoms with E-state index in [4.69, 9.17) is 10.8 Å². The summed E-state index contributed by atoms with van der Waals surface area (Å²) in [6.07, 6.45) is 1.44. The number of aliphatic hydroxyl groups excluding tert-OH is 1. The molecular formula is C6H16N2OZr. The van der Waals surface area contributed by atoms with E-state index in [1.807, 2.05) is 6.92 Å². The van der Waals surface area contributed by atoms with Gasteiger partial charge in [-0.1, -0.05) is 13.3 Å². The Morgan fingerprint density at radius 1 is 1.60 bits per heavy atom. The molecule has 4 N–H and O–H groups in total. The summed E-state index contributed by atoms with van der Waals surface area (Å²) in [7, 11) is 0. The van der Waals surface area contributed by atoms with Gasteiger partial charge in [-0.05, 0) is 6.42 Å². The SMILES string of the molecule is CCCC(O)NCCN.[Zr]. The Labute approximate surface area is 81.5 Å². The molecule has 1 atom stereocenters. The van der Waals surface area contributed by atoms with Gasteiger partial charge in [0.1, 0.15) is 6.23 Å². The molecule has 0 fully saturated rings. The van der Waals surface area contributed by atoms with Crippen molar-refractivity contribution in [3.05, 3.63) is 0 Å². The summed E-state index contributed by atoms with van der Waals surface area (Å²) in [5.41, 5.74) is 5.20. The van der Waals surface area contributed by atoms with Crippen LogP contribution in [-0.2, 0) is 26.2 Å². The van der Waals surface area contributed by atoms with Crippen LogP contribution in [0.25, 0.3) is 0 Å². The second-order valence-corrected chi connectivity index (χ2v) is 2.05. The van der Waals surface area contributed by atoms with Gasteiger partial charge in [0.2, 0.25) is 0 Å². The Balaban J connectivity index is 0. The molecule has 1 unspecified atom stereocenters. The molecule has 4 heteroatoms. The van der Waals surface area contributed by atoms with Gasteiger partial charge in [0, 0.05) is 39.3 Å². The molecular weight excluding hydrogens is 207 g/mol. The maximum atomic E-state index is 9.01. The smallest absolute Gasteiger partial charge is 0.104 e. The predicted octanol–water partition coefficient (Wildman–Crippen LogP) is -0.349. The van der Waals surface area contributed by atoms with Crippen molar-refractivity contribution in [2.24, 2.45) is 5.73 Å². The average Bonchev–Trinajstić information content (AvgIpc) is 1.85. The number of hydrogen-bond acceptors (Lipinski definition) is 3. The molecule has 0 spiro atoms. The minimum atomic E-state index is -0.362. The monoisotopic (exact) mass is 222 g/mol. The van der Waals surface area contributed by atoms with Crippen molar-refractivity contribution in [2.45, 2.75) is 26.0 Å². The molecule has 0 aromatic carbocycles. The number of aliphatic hydroxyl groups is 1. The molecule has 0 aliphatic heterocycles. The molecule has 0 heterocycles. The Morgan fingerprint density at radius 3 is 2.60 bits per heavy atom. The summed E-state index contributed by atoms with van der Waals surface area (Å²) in [4.78, 5) is 0. The van der Waals surface area contributed by atoms with Crippen LogP contribution in [0.5, 0.6) is 0 Å². The summed E-state index contributed by atoms with van der Waals surface area (Å²) in [5, 5.41) is 11.9. The number of nitrogens with one attached hydrogen (secondary N) is 1. The van der Waals surface area contributed by atoms with Crippen LogP contribution in [0.3, 0.4) is 0 Å². The summed E-state index contributed by atoms with van der Waals surface area (Å²) >= 11 is 0. The van der Waals surface area contributed by atoms with E-state index in [0.717, 1.165) is 12.8 Å². The second kappa shape index (κ2) is 9.76. The van der Waals surface area contributed by atoms with E-state index >= 15 is 0 Å². The van der Waals surface area contributed by atoms with Crippen LogP contribution in [0.2, 0.25) is 0 Å². The zero-order valence-corrected chi connectivity index (χ0v) is 8.89. The fourth-order valence-corrected chi connectivity index (χ4v) is 0.625. The molecule has 0 aromatic heterocycles. The van der Waals surface area contributed by atoms with Gasteiger partial charge in [-0.2, -0.15) is 0 Å². The molecule has 0 saturated carbocycles. The van der Waals surface area contributed by atoms with Crippen LogP contribution in [0, 0.1) is 0 Å². The topological polar surface area (TPSA) is 58.3 Å². The zero-order valence-electron chi connectivity index (χ0n) is 6.43. The van der Waals surface area contributed by atoms with Gasteiger partial charge in [0.25, 0.3) is 0 Å². The zero-order chi connectivity index (χ0) is 7.11. The van der Waals surface area contributed by atoms with E-state index in [2.05, 4.69) is 5.32 Å². The molecule has 0 rings (SSSR count). The van der Waals surface area contributed by atoms with Crippen molar-refractivity contribution < 1.29 is 31.3 Å². The maximum Gasteiger partial charge on any atom is 0.104 e. The fraction of sp³-hybridized carbons (Fsp3) is 1.00. The number of rotatable bonds is 5. The first-order chi connectivity index (χ1) is 4.31. The number of hydrogen-bond donors (Lipinski definition) is 3. The van der Waals surface area contributed by atoms with E-state index in [0.29, 0.717) is 13.1 Å². The first kappa shape index (κ1) is 13.4. The Kier molecular flexibility index (Phi) is 13.0. The van der Waals surface area contributed by atoms with E-state index in [-0.39, 0.29) is 32.4 Å². The summed E-state index contributed by atoms with van der Waals surface area (Å²) in [6.45, 7) is 3.31. The van der Waals surface area contributed by atoms with E-state index < -0.39 is 0 Å². The first-order valence-electron chi connectivity index (χ1n) is 3.42. The van der Waals surface area contributed by atoms with Crippen LogP contribution in [0.15, 0.2) is 0 Å². The molecule has 10 heavy (non-hydrogen) atoms. The van der Waals surface area contributed by atoms with Crippen LogP contribution in [0.1, 0.15) is 19.8 Å². The summed E-state index contributed by atoms with van der Waals surface area (Å²) in [5.74, 6) is 0. The van der Waals surface area contributed by atoms with Crippen LogP contribution < -0.4 is 11.1 Å². The first-order valence-corrected chi connectivity index (χ1v) is 3.42. The maximum absolute atomic E-state index is 9.01. The van der Waals surface area contributed by atoms with Crippen LogP contribution >= 0.6 is 0 Å². The molecule has 3 nitrogen and oxygen atoms in total. The third-order valence-electron chi connectivity index (χ3n) is 1.09. The molecule has 0 bridgehead atoms. The minimum Gasteiger partial charge on any atom is -0.379 e.